The zero-order valence-electron chi connectivity index (χ0n) is 14.1. The van der Waals surface area contributed by atoms with Crippen molar-refractivity contribution in [2.24, 2.45) is 7.05 Å². The number of aryl methyl sites for hydroxylation is 1. The molecule has 2 aromatic heterocycles. The predicted octanol–water partition coefficient (Wildman–Crippen LogP) is 3.19. The van der Waals surface area contributed by atoms with Gasteiger partial charge < -0.3 is 10.2 Å². The highest BCUT2D eigenvalue weighted by molar-refractivity contribution is 9.10. The van der Waals surface area contributed by atoms with Crippen LogP contribution in [0.15, 0.2) is 35.2 Å². The van der Waals surface area contributed by atoms with Gasteiger partial charge in [-0.2, -0.15) is 5.10 Å². The van der Waals surface area contributed by atoms with Gasteiger partial charge in [0, 0.05) is 20.1 Å². The second-order valence-electron chi connectivity index (χ2n) is 5.84. The van der Waals surface area contributed by atoms with Crippen molar-refractivity contribution >= 4 is 32.8 Å². The van der Waals surface area contributed by atoms with Gasteiger partial charge in [0.25, 0.3) is 0 Å². The molecule has 3 aromatic rings. The smallest absolute Gasteiger partial charge is 0.164 e. The molecule has 126 valence electrons. The highest BCUT2D eigenvalue weighted by atomic mass is 79.9. The zero-order chi connectivity index (χ0) is 17.1. The molecule has 3 rings (SSSR count). The second-order valence-corrected chi connectivity index (χ2v) is 6.59. The maximum Gasteiger partial charge on any atom is 0.164 e. The van der Waals surface area contributed by atoms with Crippen molar-refractivity contribution in [1.82, 2.24) is 24.6 Å². The summed E-state index contributed by atoms with van der Waals surface area (Å²) < 4.78 is 2.49. The third-order valence-electron chi connectivity index (χ3n) is 4.02. The van der Waals surface area contributed by atoms with E-state index in [-0.39, 0.29) is 0 Å². The average molecular weight is 389 g/mol. The van der Waals surface area contributed by atoms with Crippen molar-refractivity contribution < 1.29 is 0 Å². The van der Waals surface area contributed by atoms with Gasteiger partial charge in [-0.3, -0.25) is 0 Å². The van der Waals surface area contributed by atoms with E-state index in [0.717, 1.165) is 34.5 Å². The second kappa shape index (κ2) is 7.27. The first kappa shape index (κ1) is 16.9. The lowest BCUT2D eigenvalue weighted by atomic mass is 10.1. The van der Waals surface area contributed by atoms with Crippen LogP contribution in [0.3, 0.4) is 0 Å². The Morgan fingerprint density at radius 2 is 2.04 bits per heavy atom. The number of nitrogens with one attached hydrogen (secondary N) is 1. The van der Waals surface area contributed by atoms with Crippen LogP contribution in [0.1, 0.15) is 18.1 Å². The van der Waals surface area contributed by atoms with Gasteiger partial charge in [0.15, 0.2) is 5.65 Å². The molecule has 0 spiro atoms. The van der Waals surface area contributed by atoms with Crippen LogP contribution in [0.2, 0.25) is 0 Å². The number of hydrogen-bond acceptors (Lipinski definition) is 5. The predicted molar refractivity (Wildman–Crippen MR) is 99.8 cm³/mol. The fraction of sp³-hybridized carbons (Fsp3) is 0.353. The number of rotatable bonds is 6. The molecule has 0 atom stereocenters. The molecule has 0 aliphatic carbocycles. The van der Waals surface area contributed by atoms with Crippen molar-refractivity contribution in [3.63, 3.8) is 0 Å². The maximum atomic E-state index is 4.37. The monoisotopic (exact) mass is 388 g/mol. The molecule has 0 aliphatic rings. The van der Waals surface area contributed by atoms with Crippen molar-refractivity contribution in [3.8, 4) is 0 Å². The Balaban J connectivity index is 1.78. The first-order valence-corrected chi connectivity index (χ1v) is 8.71. The van der Waals surface area contributed by atoms with Gasteiger partial charge in [-0.25, -0.2) is 14.6 Å². The van der Waals surface area contributed by atoms with Gasteiger partial charge in [-0.05, 0) is 40.6 Å². The molecule has 6 nitrogen and oxygen atoms in total. The number of halogens is 1. The van der Waals surface area contributed by atoms with Crippen LogP contribution in [0, 0.1) is 0 Å². The van der Waals surface area contributed by atoms with Gasteiger partial charge in [0.05, 0.1) is 5.39 Å². The molecule has 0 aliphatic heterocycles. The molecule has 0 bridgehead atoms. The molecule has 24 heavy (non-hydrogen) atoms. The van der Waals surface area contributed by atoms with Crippen molar-refractivity contribution in [1.29, 1.82) is 0 Å². The van der Waals surface area contributed by atoms with Gasteiger partial charge in [0.1, 0.15) is 16.7 Å². The van der Waals surface area contributed by atoms with E-state index in [1.807, 2.05) is 7.05 Å². The van der Waals surface area contributed by atoms with E-state index in [4.69, 9.17) is 0 Å². The molecule has 2 heterocycles. The van der Waals surface area contributed by atoms with Crippen LogP contribution in [0.25, 0.3) is 11.0 Å². The maximum absolute atomic E-state index is 4.37. The largest absolute Gasteiger partial charge is 0.365 e. The fourth-order valence-corrected chi connectivity index (χ4v) is 3.22. The Bertz CT molecular complexity index is 844. The molecular weight excluding hydrogens is 368 g/mol. The Labute approximate surface area is 150 Å². The third-order valence-corrected chi connectivity index (χ3v) is 4.58. The van der Waals surface area contributed by atoms with Crippen LogP contribution in [-0.2, 0) is 20.1 Å². The third kappa shape index (κ3) is 3.57. The van der Waals surface area contributed by atoms with E-state index < -0.39 is 0 Å². The highest BCUT2D eigenvalue weighted by Crippen LogP contribution is 2.27. The summed E-state index contributed by atoms with van der Waals surface area (Å²) in [7, 11) is 4.00. The fourth-order valence-electron chi connectivity index (χ4n) is 2.62. The van der Waals surface area contributed by atoms with Crippen molar-refractivity contribution in [3.05, 3.63) is 46.3 Å². The molecule has 0 saturated heterocycles. The summed E-state index contributed by atoms with van der Waals surface area (Å²) in [5.41, 5.74) is 3.34. The van der Waals surface area contributed by atoms with E-state index in [9.17, 15) is 0 Å². The van der Waals surface area contributed by atoms with E-state index in [1.54, 1.807) is 11.0 Å². The number of benzene rings is 1. The first-order chi connectivity index (χ1) is 11.6. The highest BCUT2D eigenvalue weighted by Gasteiger charge is 2.13. The van der Waals surface area contributed by atoms with E-state index in [2.05, 4.69) is 79.5 Å². The molecule has 0 radical (unpaired) electrons. The van der Waals surface area contributed by atoms with Gasteiger partial charge in [0.2, 0.25) is 0 Å². The SMILES string of the molecule is CCN(C)Cc1cccc(CNc2ncnc3c2c(Br)nn3C)c1. The minimum Gasteiger partial charge on any atom is -0.365 e. The van der Waals surface area contributed by atoms with E-state index in [1.165, 1.54) is 11.1 Å². The lowest BCUT2D eigenvalue weighted by Crippen LogP contribution is -2.16. The molecule has 1 aromatic carbocycles. The van der Waals surface area contributed by atoms with Crippen LogP contribution in [0.4, 0.5) is 5.82 Å². The summed E-state index contributed by atoms with van der Waals surface area (Å²) in [5.74, 6) is 0.788. The molecule has 7 heteroatoms. The van der Waals surface area contributed by atoms with Crippen molar-refractivity contribution in [2.75, 3.05) is 18.9 Å². The molecule has 0 fully saturated rings. The number of hydrogen-bond donors (Lipinski definition) is 1. The Hall–Kier alpha value is -1.99. The standard InChI is InChI=1S/C17H21BrN6/c1-4-23(2)10-13-7-5-6-12(8-13)9-19-16-14-15(18)22-24(3)17(14)21-11-20-16/h5-8,11H,4,9-10H2,1-3H3,(H,19,20,21). The summed E-state index contributed by atoms with van der Waals surface area (Å²) in [6, 6.07) is 8.62. The summed E-state index contributed by atoms with van der Waals surface area (Å²) in [6.45, 7) is 4.86. The topological polar surface area (TPSA) is 58.9 Å². The average Bonchev–Trinajstić information content (AvgIpc) is 2.88. The van der Waals surface area contributed by atoms with Crippen LogP contribution in [0.5, 0.6) is 0 Å². The Kier molecular flexibility index (Phi) is 5.11. The Morgan fingerprint density at radius 1 is 1.25 bits per heavy atom. The van der Waals surface area contributed by atoms with Crippen LogP contribution >= 0.6 is 15.9 Å². The number of aromatic nitrogens is 4. The number of fused-ring (bicyclic) bond motifs is 1. The lowest BCUT2D eigenvalue weighted by molar-refractivity contribution is 0.345. The minimum atomic E-state index is 0.705. The molecule has 0 amide bonds. The summed E-state index contributed by atoms with van der Waals surface area (Å²) in [6.07, 6.45) is 1.56. The van der Waals surface area contributed by atoms with Crippen molar-refractivity contribution in [2.45, 2.75) is 20.0 Å². The first-order valence-electron chi connectivity index (χ1n) is 7.92. The van der Waals surface area contributed by atoms with E-state index >= 15 is 0 Å². The molecular formula is C17H21BrN6. The normalized spacial score (nSPS) is 11.4. The molecule has 0 unspecified atom stereocenters. The van der Waals surface area contributed by atoms with Crippen LogP contribution < -0.4 is 5.32 Å². The number of nitrogens with zero attached hydrogens (tertiary/aromatic N) is 5. The zero-order valence-corrected chi connectivity index (χ0v) is 15.7. The van der Waals surface area contributed by atoms with Gasteiger partial charge in [-0.15, -0.1) is 0 Å². The van der Waals surface area contributed by atoms with Gasteiger partial charge in [-0.1, -0.05) is 31.2 Å². The summed E-state index contributed by atoms with van der Waals surface area (Å²) >= 11 is 3.48. The lowest BCUT2D eigenvalue weighted by Gasteiger charge is -2.14. The number of anilines is 1. The van der Waals surface area contributed by atoms with Gasteiger partial charge >= 0.3 is 0 Å². The molecule has 1 N–H and O–H groups in total. The van der Waals surface area contributed by atoms with E-state index in [0.29, 0.717) is 6.54 Å². The van der Waals surface area contributed by atoms with Crippen LogP contribution in [-0.4, -0.2) is 38.2 Å². The summed E-state index contributed by atoms with van der Waals surface area (Å²) in [5, 5.41) is 8.66. The quantitative estimate of drug-likeness (QED) is 0.702. The molecule has 0 saturated carbocycles. The Morgan fingerprint density at radius 3 is 2.83 bits per heavy atom. The summed E-state index contributed by atoms with van der Waals surface area (Å²) in [4.78, 5) is 10.9. The minimum absolute atomic E-state index is 0.705.